The minimum absolute atomic E-state index is 0.0605. The maximum absolute atomic E-state index is 11.3. The van der Waals surface area contributed by atoms with E-state index >= 15 is 0 Å². The first-order valence-corrected chi connectivity index (χ1v) is 4.22. The van der Waals surface area contributed by atoms with Crippen LogP contribution in [0.1, 0.15) is 40.9 Å². The molecule has 0 aliphatic carbocycles. The average molecular weight is 196 g/mol. The van der Waals surface area contributed by atoms with Gasteiger partial charge in [-0.25, -0.2) is 9.78 Å². The number of nitrogens with zero attached hydrogens (tertiary/aromatic N) is 2. The zero-order chi connectivity index (χ0) is 10.7. The van der Waals surface area contributed by atoms with Crippen LogP contribution in [0.25, 0.3) is 0 Å². The van der Waals surface area contributed by atoms with Crippen LogP contribution in [0.2, 0.25) is 0 Å². The first-order chi connectivity index (χ1) is 6.61. The molecule has 0 unspecified atom stereocenters. The number of hydrogen-bond acceptors (Lipinski definition) is 4. The van der Waals surface area contributed by atoms with Crippen LogP contribution in [0.5, 0.6) is 0 Å². The van der Waals surface area contributed by atoms with Crippen LogP contribution < -0.4 is 0 Å². The van der Waals surface area contributed by atoms with Gasteiger partial charge in [-0.1, -0.05) is 0 Å². The molecule has 1 aromatic rings. The van der Waals surface area contributed by atoms with Crippen molar-refractivity contribution < 1.29 is 14.3 Å². The lowest BCUT2D eigenvalue weighted by atomic mass is 10.3. The number of carbonyl (C=O) groups is 2. The molecule has 5 nitrogen and oxygen atoms in total. The van der Waals surface area contributed by atoms with Gasteiger partial charge >= 0.3 is 5.97 Å². The summed E-state index contributed by atoms with van der Waals surface area (Å²) in [5.74, 6) is -0.543. The summed E-state index contributed by atoms with van der Waals surface area (Å²) >= 11 is 0. The van der Waals surface area contributed by atoms with Crippen LogP contribution in [0.3, 0.4) is 0 Å². The van der Waals surface area contributed by atoms with Gasteiger partial charge in [0.2, 0.25) is 0 Å². The molecule has 5 heteroatoms. The fourth-order valence-electron chi connectivity index (χ4n) is 1.16. The number of esters is 1. The highest BCUT2D eigenvalue weighted by Gasteiger charge is 2.19. The zero-order valence-electron chi connectivity index (χ0n) is 8.35. The molecule has 0 amide bonds. The second-order valence-electron chi connectivity index (χ2n) is 3.09. The van der Waals surface area contributed by atoms with Crippen molar-refractivity contribution >= 4 is 12.3 Å². The second-order valence-corrected chi connectivity index (χ2v) is 3.09. The number of hydrogen-bond donors (Lipinski definition) is 0. The maximum atomic E-state index is 11.3. The predicted octanol–water partition coefficient (Wildman–Crippen LogP) is 1.06. The Morgan fingerprint density at radius 2 is 2.29 bits per heavy atom. The van der Waals surface area contributed by atoms with E-state index in [2.05, 4.69) is 9.72 Å². The van der Waals surface area contributed by atoms with E-state index in [-0.39, 0.29) is 17.4 Å². The largest absolute Gasteiger partial charge is 0.464 e. The van der Waals surface area contributed by atoms with Gasteiger partial charge in [-0.05, 0) is 13.8 Å². The van der Waals surface area contributed by atoms with Crippen molar-refractivity contribution in [3.8, 4) is 0 Å². The molecule has 0 radical (unpaired) electrons. The van der Waals surface area contributed by atoms with Crippen molar-refractivity contribution in [3.63, 3.8) is 0 Å². The normalized spacial score (nSPS) is 10.3. The van der Waals surface area contributed by atoms with E-state index in [1.165, 1.54) is 13.4 Å². The van der Waals surface area contributed by atoms with Crippen molar-refractivity contribution in [1.82, 2.24) is 9.55 Å². The number of methoxy groups -OCH3 is 1. The quantitative estimate of drug-likeness (QED) is 0.535. The topological polar surface area (TPSA) is 61.2 Å². The van der Waals surface area contributed by atoms with Crippen LogP contribution in [-0.4, -0.2) is 28.9 Å². The maximum Gasteiger partial charge on any atom is 0.357 e. The van der Waals surface area contributed by atoms with Crippen molar-refractivity contribution in [2.45, 2.75) is 19.9 Å². The zero-order valence-corrected chi connectivity index (χ0v) is 8.35. The summed E-state index contributed by atoms with van der Waals surface area (Å²) in [6.45, 7) is 3.78. The smallest absolute Gasteiger partial charge is 0.357 e. The van der Waals surface area contributed by atoms with E-state index in [1.54, 1.807) is 4.57 Å². The Bertz CT molecular complexity index is 355. The molecule has 0 aliphatic rings. The summed E-state index contributed by atoms with van der Waals surface area (Å²) in [5, 5.41) is 0. The van der Waals surface area contributed by atoms with Crippen molar-refractivity contribution in [2.24, 2.45) is 0 Å². The Morgan fingerprint density at radius 3 is 2.71 bits per heavy atom. The first-order valence-electron chi connectivity index (χ1n) is 4.22. The molecule has 0 N–H and O–H groups in total. The van der Waals surface area contributed by atoms with Crippen LogP contribution in [0, 0.1) is 0 Å². The number of carbonyl (C=O) groups excluding carboxylic acids is 2. The van der Waals surface area contributed by atoms with Gasteiger partial charge in [0.15, 0.2) is 12.0 Å². The SMILES string of the molecule is COC(=O)c1c(C=O)ncn1C(C)C. The van der Waals surface area contributed by atoms with Crippen LogP contribution in [0.4, 0.5) is 0 Å². The monoisotopic (exact) mass is 196 g/mol. The van der Waals surface area contributed by atoms with Gasteiger partial charge in [0.1, 0.15) is 5.69 Å². The lowest BCUT2D eigenvalue weighted by molar-refractivity contribution is 0.0584. The Kier molecular flexibility index (Phi) is 3.01. The summed E-state index contributed by atoms with van der Waals surface area (Å²) in [6, 6.07) is 0.0605. The number of aromatic nitrogens is 2. The number of aldehydes is 1. The summed E-state index contributed by atoms with van der Waals surface area (Å²) in [5.41, 5.74) is 0.322. The second kappa shape index (κ2) is 4.04. The fourth-order valence-corrected chi connectivity index (χ4v) is 1.16. The van der Waals surface area contributed by atoms with E-state index in [0.29, 0.717) is 6.29 Å². The fraction of sp³-hybridized carbons (Fsp3) is 0.444. The molecule has 0 saturated heterocycles. The molecule has 14 heavy (non-hydrogen) atoms. The molecular weight excluding hydrogens is 184 g/mol. The molecule has 0 aliphatic heterocycles. The number of ether oxygens (including phenoxy) is 1. The molecule has 1 rings (SSSR count). The van der Waals surface area contributed by atoms with Crippen LogP contribution in [-0.2, 0) is 4.74 Å². The van der Waals surface area contributed by atoms with Crippen molar-refractivity contribution in [1.29, 1.82) is 0 Å². The Morgan fingerprint density at radius 1 is 1.64 bits per heavy atom. The minimum atomic E-state index is -0.543. The van der Waals surface area contributed by atoms with E-state index < -0.39 is 5.97 Å². The van der Waals surface area contributed by atoms with Gasteiger partial charge in [-0.3, -0.25) is 4.79 Å². The lowest BCUT2D eigenvalue weighted by Crippen LogP contribution is -2.13. The van der Waals surface area contributed by atoms with Crippen LogP contribution >= 0.6 is 0 Å². The molecule has 76 valence electrons. The van der Waals surface area contributed by atoms with Gasteiger partial charge < -0.3 is 9.30 Å². The highest BCUT2D eigenvalue weighted by Crippen LogP contribution is 2.13. The molecule has 0 atom stereocenters. The molecule has 0 spiro atoms. The van der Waals surface area contributed by atoms with E-state index in [9.17, 15) is 9.59 Å². The lowest BCUT2D eigenvalue weighted by Gasteiger charge is -2.09. The number of imidazole rings is 1. The average Bonchev–Trinajstić information content (AvgIpc) is 2.59. The third-order valence-electron chi connectivity index (χ3n) is 1.87. The highest BCUT2D eigenvalue weighted by atomic mass is 16.5. The Balaban J connectivity index is 3.26. The van der Waals surface area contributed by atoms with Crippen LogP contribution in [0.15, 0.2) is 6.33 Å². The minimum Gasteiger partial charge on any atom is -0.464 e. The summed E-state index contributed by atoms with van der Waals surface area (Å²) < 4.78 is 6.18. The molecular formula is C9H12N2O3. The molecule has 1 aromatic heterocycles. The molecule has 0 saturated carbocycles. The first kappa shape index (κ1) is 10.4. The highest BCUT2D eigenvalue weighted by molar-refractivity contribution is 5.95. The van der Waals surface area contributed by atoms with Crippen molar-refractivity contribution in [3.05, 3.63) is 17.7 Å². The summed E-state index contributed by atoms with van der Waals surface area (Å²) in [4.78, 5) is 25.8. The van der Waals surface area contributed by atoms with E-state index in [1.807, 2.05) is 13.8 Å². The standard InChI is InChI=1S/C9H12N2O3/c1-6(2)11-5-10-7(4-12)8(11)9(13)14-3/h4-6H,1-3H3. The molecule has 0 bridgehead atoms. The van der Waals surface area contributed by atoms with Gasteiger partial charge in [0.25, 0.3) is 0 Å². The van der Waals surface area contributed by atoms with E-state index in [4.69, 9.17) is 0 Å². The third-order valence-corrected chi connectivity index (χ3v) is 1.87. The van der Waals surface area contributed by atoms with Gasteiger partial charge in [-0.2, -0.15) is 0 Å². The van der Waals surface area contributed by atoms with Gasteiger partial charge in [-0.15, -0.1) is 0 Å². The van der Waals surface area contributed by atoms with Gasteiger partial charge in [0.05, 0.1) is 13.4 Å². The molecule has 0 fully saturated rings. The molecule has 0 aromatic carbocycles. The summed E-state index contributed by atoms with van der Waals surface area (Å²) in [7, 11) is 1.27. The third kappa shape index (κ3) is 1.66. The number of rotatable bonds is 3. The predicted molar refractivity (Wildman–Crippen MR) is 49.3 cm³/mol. The Labute approximate surface area is 81.7 Å². The van der Waals surface area contributed by atoms with Gasteiger partial charge in [0, 0.05) is 6.04 Å². The molecule has 1 heterocycles. The summed E-state index contributed by atoms with van der Waals surface area (Å²) in [6.07, 6.45) is 2.01. The Hall–Kier alpha value is -1.65. The van der Waals surface area contributed by atoms with Crippen molar-refractivity contribution in [2.75, 3.05) is 7.11 Å². The van der Waals surface area contributed by atoms with E-state index in [0.717, 1.165) is 0 Å².